The van der Waals surface area contributed by atoms with Gasteiger partial charge in [-0.2, -0.15) is 0 Å². The van der Waals surface area contributed by atoms with Crippen molar-refractivity contribution in [3.05, 3.63) is 23.9 Å². The summed E-state index contributed by atoms with van der Waals surface area (Å²) in [5.74, 6) is 1.02. The molecule has 1 aliphatic rings. The number of carbonyl (C=O) groups is 1. The van der Waals surface area contributed by atoms with Crippen LogP contribution in [0.5, 0.6) is 0 Å². The summed E-state index contributed by atoms with van der Waals surface area (Å²) in [5.41, 5.74) is 1.01. The average Bonchev–Trinajstić information content (AvgIpc) is 2.52. The van der Waals surface area contributed by atoms with E-state index in [4.69, 9.17) is 0 Å². The van der Waals surface area contributed by atoms with Crippen molar-refractivity contribution in [1.29, 1.82) is 0 Å². The fourth-order valence-electron chi connectivity index (χ4n) is 2.23. The van der Waals surface area contributed by atoms with Gasteiger partial charge in [0.1, 0.15) is 5.82 Å². The molecule has 21 heavy (non-hydrogen) atoms. The molecule has 0 bridgehead atoms. The number of aromatic nitrogens is 1. The molecule has 0 saturated carbocycles. The number of carbonyl (C=O) groups excluding carboxylic acids is 1. The van der Waals surface area contributed by atoms with E-state index in [1.165, 1.54) is 0 Å². The van der Waals surface area contributed by atoms with Gasteiger partial charge in [-0.15, -0.1) is 0 Å². The van der Waals surface area contributed by atoms with Crippen molar-refractivity contribution < 1.29 is 4.79 Å². The largest absolute Gasteiger partial charge is 0.354 e. The van der Waals surface area contributed by atoms with Crippen LogP contribution in [0.3, 0.4) is 0 Å². The fraction of sp³-hybridized carbons (Fsp3) is 0.600. The number of nitrogens with zero attached hydrogens (tertiary/aromatic N) is 3. The maximum Gasteiger partial charge on any atom is 0.315 e. The Kier molecular flexibility index (Phi) is 5.80. The molecular weight excluding hydrogens is 266 g/mol. The molecule has 2 amide bonds. The highest BCUT2D eigenvalue weighted by Gasteiger charge is 2.14. The lowest BCUT2D eigenvalue weighted by Gasteiger charge is -2.33. The van der Waals surface area contributed by atoms with Crippen molar-refractivity contribution in [3.8, 4) is 0 Å². The molecule has 1 aliphatic heterocycles. The number of rotatable bonds is 5. The van der Waals surface area contributed by atoms with Gasteiger partial charge in [-0.3, -0.25) is 0 Å². The van der Waals surface area contributed by atoms with Crippen LogP contribution in [-0.4, -0.2) is 55.7 Å². The molecule has 0 unspecified atom stereocenters. The lowest BCUT2D eigenvalue weighted by molar-refractivity contribution is 0.240. The third-order valence-electron chi connectivity index (χ3n) is 3.63. The number of anilines is 1. The Morgan fingerprint density at radius 1 is 1.24 bits per heavy atom. The van der Waals surface area contributed by atoms with Crippen molar-refractivity contribution in [2.24, 2.45) is 0 Å². The predicted molar refractivity (Wildman–Crippen MR) is 84.5 cm³/mol. The van der Waals surface area contributed by atoms with Gasteiger partial charge in [0, 0.05) is 45.5 Å². The second-order valence-corrected chi connectivity index (χ2v) is 5.42. The number of hydrogen-bond donors (Lipinski definition) is 2. The van der Waals surface area contributed by atoms with E-state index in [-0.39, 0.29) is 6.03 Å². The molecule has 2 rings (SSSR count). The summed E-state index contributed by atoms with van der Waals surface area (Å²) >= 11 is 0. The number of piperazine rings is 1. The third kappa shape index (κ3) is 4.90. The van der Waals surface area contributed by atoms with Crippen molar-refractivity contribution in [2.75, 3.05) is 44.7 Å². The standard InChI is InChI=1S/C15H25N5O/c1-3-6-16-15(21)18-12-13-4-5-14(17-11-13)20-9-7-19(2)8-10-20/h4-5,11H,3,6-10,12H2,1-2H3,(H2,16,18,21). The minimum absolute atomic E-state index is 0.125. The summed E-state index contributed by atoms with van der Waals surface area (Å²) in [6.07, 6.45) is 2.78. The summed E-state index contributed by atoms with van der Waals surface area (Å²) < 4.78 is 0. The van der Waals surface area contributed by atoms with E-state index >= 15 is 0 Å². The highest BCUT2D eigenvalue weighted by molar-refractivity contribution is 5.73. The third-order valence-corrected chi connectivity index (χ3v) is 3.63. The molecule has 116 valence electrons. The molecule has 2 heterocycles. The molecule has 0 radical (unpaired) electrons. The molecule has 1 fully saturated rings. The van der Waals surface area contributed by atoms with Crippen LogP contribution >= 0.6 is 0 Å². The van der Waals surface area contributed by atoms with E-state index in [1.54, 1.807) is 0 Å². The van der Waals surface area contributed by atoms with Gasteiger partial charge in [-0.25, -0.2) is 9.78 Å². The smallest absolute Gasteiger partial charge is 0.315 e. The molecule has 1 aromatic rings. The van der Waals surface area contributed by atoms with Crippen LogP contribution in [0, 0.1) is 0 Å². The maximum atomic E-state index is 11.5. The molecular formula is C15H25N5O. The van der Waals surface area contributed by atoms with Gasteiger partial charge in [0.05, 0.1) is 0 Å². The number of nitrogens with one attached hydrogen (secondary N) is 2. The Hall–Kier alpha value is -1.82. The zero-order valence-electron chi connectivity index (χ0n) is 12.9. The second kappa shape index (κ2) is 7.83. The van der Waals surface area contributed by atoms with Gasteiger partial charge in [0.15, 0.2) is 0 Å². The summed E-state index contributed by atoms with van der Waals surface area (Å²) in [7, 11) is 2.14. The SMILES string of the molecule is CCCNC(=O)NCc1ccc(N2CCN(C)CC2)nc1. The van der Waals surface area contributed by atoms with E-state index < -0.39 is 0 Å². The van der Waals surface area contributed by atoms with Crippen molar-refractivity contribution >= 4 is 11.8 Å². The number of hydrogen-bond acceptors (Lipinski definition) is 4. The van der Waals surface area contributed by atoms with E-state index in [9.17, 15) is 4.79 Å². The topological polar surface area (TPSA) is 60.5 Å². The highest BCUT2D eigenvalue weighted by atomic mass is 16.2. The van der Waals surface area contributed by atoms with E-state index in [2.05, 4.69) is 32.5 Å². The maximum absolute atomic E-state index is 11.5. The van der Waals surface area contributed by atoms with Crippen molar-refractivity contribution in [3.63, 3.8) is 0 Å². The minimum atomic E-state index is -0.125. The molecule has 0 spiro atoms. The summed E-state index contributed by atoms with van der Waals surface area (Å²) in [6, 6.07) is 3.94. The Labute approximate surface area is 126 Å². The molecule has 6 heteroatoms. The Balaban J connectivity index is 1.80. The first kappa shape index (κ1) is 15.6. The first-order valence-corrected chi connectivity index (χ1v) is 7.59. The Morgan fingerprint density at radius 3 is 2.62 bits per heavy atom. The lowest BCUT2D eigenvalue weighted by atomic mass is 10.2. The monoisotopic (exact) mass is 291 g/mol. The number of likely N-dealkylation sites (N-methyl/N-ethyl adjacent to an activating group) is 1. The summed E-state index contributed by atoms with van der Waals surface area (Å²) in [6.45, 7) is 7.41. The van der Waals surface area contributed by atoms with Gasteiger partial charge >= 0.3 is 6.03 Å². The molecule has 2 N–H and O–H groups in total. The zero-order valence-corrected chi connectivity index (χ0v) is 12.9. The first-order chi connectivity index (χ1) is 10.2. The van der Waals surface area contributed by atoms with E-state index in [1.807, 2.05) is 25.3 Å². The van der Waals surface area contributed by atoms with Crippen molar-refractivity contribution in [1.82, 2.24) is 20.5 Å². The van der Waals surface area contributed by atoms with Crippen LogP contribution in [0.4, 0.5) is 10.6 Å². The van der Waals surface area contributed by atoms with Crippen molar-refractivity contribution in [2.45, 2.75) is 19.9 Å². The van der Waals surface area contributed by atoms with Crippen LogP contribution in [0.2, 0.25) is 0 Å². The van der Waals surface area contributed by atoms with Gasteiger partial charge in [-0.05, 0) is 25.1 Å². The molecule has 0 aliphatic carbocycles. The quantitative estimate of drug-likeness (QED) is 0.851. The van der Waals surface area contributed by atoms with Gasteiger partial charge < -0.3 is 20.4 Å². The Morgan fingerprint density at radius 2 is 2.00 bits per heavy atom. The van der Waals surface area contributed by atoms with Crippen LogP contribution in [0.1, 0.15) is 18.9 Å². The van der Waals surface area contributed by atoms with E-state index in [0.29, 0.717) is 13.1 Å². The predicted octanol–water partition coefficient (Wildman–Crippen LogP) is 1.04. The van der Waals surface area contributed by atoms with Crippen LogP contribution < -0.4 is 15.5 Å². The molecule has 0 atom stereocenters. The molecule has 0 aromatic carbocycles. The minimum Gasteiger partial charge on any atom is -0.354 e. The van der Waals surface area contributed by atoms with Gasteiger partial charge in [0.25, 0.3) is 0 Å². The van der Waals surface area contributed by atoms with Crippen LogP contribution in [0.15, 0.2) is 18.3 Å². The average molecular weight is 291 g/mol. The van der Waals surface area contributed by atoms with Crippen LogP contribution in [0.25, 0.3) is 0 Å². The Bertz CT molecular complexity index is 440. The lowest BCUT2D eigenvalue weighted by Crippen LogP contribution is -2.44. The van der Waals surface area contributed by atoms with Gasteiger partial charge in [-0.1, -0.05) is 13.0 Å². The molecule has 6 nitrogen and oxygen atoms in total. The number of urea groups is 1. The second-order valence-electron chi connectivity index (χ2n) is 5.42. The normalized spacial score (nSPS) is 15.8. The van der Waals surface area contributed by atoms with E-state index in [0.717, 1.165) is 44.0 Å². The highest BCUT2D eigenvalue weighted by Crippen LogP contribution is 2.13. The van der Waals surface area contributed by atoms with Crippen LogP contribution in [-0.2, 0) is 6.54 Å². The molecule has 1 saturated heterocycles. The zero-order chi connectivity index (χ0) is 15.1. The first-order valence-electron chi connectivity index (χ1n) is 7.59. The van der Waals surface area contributed by atoms with Gasteiger partial charge in [0.2, 0.25) is 0 Å². The summed E-state index contributed by atoms with van der Waals surface area (Å²) in [4.78, 5) is 20.6. The fourth-order valence-corrected chi connectivity index (χ4v) is 2.23. The molecule has 1 aromatic heterocycles. The number of pyridine rings is 1. The number of amides is 2. The summed E-state index contributed by atoms with van der Waals surface area (Å²) in [5, 5.41) is 5.61.